The fraction of sp³-hybridized carbons (Fsp3) is 0.318. The maximum Gasteiger partial charge on any atom is 0.325 e. The van der Waals surface area contributed by atoms with Crippen LogP contribution in [-0.4, -0.2) is 40.2 Å². The van der Waals surface area contributed by atoms with Gasteiger partial charge in [-0.1, -0.05) is 30.3 Å². The Labute approximate surface area is 172 Å². The summed E-state index contributed by atoms with van der Waals surface area (Å²) in [5, 5.41) is 2.60. The van der Waals surface area contributed by atoms with Crippen molar-refractivity contribution in [2.75, 3.05) is 6.54 Å². The molecule has 2 aromatic rings. The lowest BCUT2D eigenvalue weighted by molar-refractivity contribution is -0.139. The average Bonchev–Trinajstić information content (AvgIpc) is 3.53. The molecule has 0 unspecified atom stereocenters. The molecule has 1 atom stereocenters. The highest BCUT2D eigenvalue weighted by molar-refractivity contribution is 6.09. The largest absolute Gasteiger partial charge is 0.334 e. The highest BCUT2D eigenvalue weighted by Crippen LogP contribution is 2.31. The SMILES string of the molecule is C[C@]1(c2ccc(F)cc2)NC(=O)N(CC(=O)N(Cc2ccccc2F)C2CC2)C1=O. The molecule has 2 fully saturated rings. The van der Waals surface area contributed by atoms with E-state index in [0.29, 0.717) is 11.1 Å². The summed E-state index contributed by atoms with van der Waals surface area (Å²) in [7, 11) is 0. The molecule has 6 nitrogen and oxygen atoms in total. The van der Waals surface area contributed by atoms with Gasteiger partial charge in [-0.15, -0.1) is 0 Å². The Morgan fingerprint density at radius 3 is 2.43 bits per heavy atom. The molecule has 1 heterocycles. The van der Waals surface area contributed by atoms with Crippen molar-refractivity contribution < 1.29 is 23.2 Å². The molecule has 0 spiro atoms. The van der Waals surface area contributed by atoms with E-state index in [9.17, 15) is 23.2 Å². The molecule has 0 radical (unpaired) electrons. The lowest BCUT2D eigenvalue weighted by atomic mass is 9.92. The van der Waals surface area contributed by atoms with Crippen molar-refractivity contribution in [1.82, 2.24) is 15.1 Å². The third kappa shape index (κ3) is 3.65. The molecule has 4 rings (SSSR count). The lowest BCUT2D eigenvalue weighted by Gasteiger charge is -2.25. The number of carbonyl (C=O) groups excluding carboxylic acids is 3. The van der Waals surface area contributed by atoms with Gasteiger partial charge in [0, 0.05) is 18.2 Å². The molecule has 8 heteroatoms. The summed E-state index contributed by atoms with van der Waals surface area (Å²) in [6.07, 6.45) is 1.60. The first kappa shape index (κ1) is 20.0. The molecule has 30 heavy (non-hydrogen) atoms. The van der Waals surface area contributed by atoms with Gasteiger partial charge in [-0.25, -0.2) is 13.6 Å². The van der Waals surface area contributed by atoms with E-state index in [2.05, 4.69) is 5.32 Å². The number of benzene rings is 2. The first-order valence-corrected chi connectivity index (χ1v) is 9.72. The molecule has 1 aliphatic carbocycles. The highest BCUT2D eigenvalue weighted by atomic mass is 19.1. The van der Waals surface area contributed by atoms with Crippen molar-refractivity contribution in [3.8, 4) is 0 Å². The molecule has 0 aromatic heterocycles. The summed E-state index contributed by atoms with van der Waals surface area (Å²) in [6, 6.07) is 10.7. The fourth-order valence-electron chi connectivity index (χ4n) is 3.66. The van der Waals surface area contributed by atoms with Crippen molar-refractivity contribution in [3.63, 3.8) is 0 Å². The smallest absolute Gasteiger partial charge is 0.325 e. The first-order valence-electron chi connectivity index (χ1n) is 9.72. The Balaban J connectivity index is 1.52. The first-order chi connectivity index (χ1) is 14.3. The second kappa shape index (κ2) is 7.51. The minimum Gasteiger partial charge on any atom is -0.334 e. The Morgan fingerprint density at radius 1 is 1.13 bits per heavy atom. The Kier molecular flexibility index (Phi) is 5.01. The molecule has 1 aliphatic heterocycles. The number of hydrogen-bond donors (Lipinski definition) is 1. The topological polar surface area (TPSA) is 69.7 Å². The number of rotatable bonds is 6. The normalized spacial score (nSPS) is 21.0. The number of amides is 4. The maximum absolute atomic E-state index is 14.1. The summed E-state index contributed by atoms with van der Waals surface area (Å²) < 4.78 is 27.3. The van der Waals surface area contributed by atoms with Gasteiger partial charge in [0.05, 0.1) is 0 Å². The minimum absolute atomic E-state index is 0.0265. The summed E-state index contributed by atoms with van der Waals surface area (Å²) >= 11 is 0. The Bertz CT molecular complexity index is 1010. The van der Waals surface area contributed by atoms with Gasteiger partial charge >= 0.3 is 6.03 Å². The van der Waals surface area contributed by atoms with E-state index < -0.39 is 41.6 Å². The maximum atomic E-state index is 14.1. The average molecular weight is 413 g/mol. The van der Waals surface area contributed by atoms with E-state index in [0.717, 1.165) is 17.7 Å². The number of urea groups is 1. The van der Waals surface area contributed by atoms with Gasteiger partial charge in [0.25, 0.3) is 5.91 Å². The zero-order valence-electron chi connectivity index (χ0n) is 16.4. The predicted molar refractivity (Wildman–Crippen MR) is 104 cm³/mol. The van der Waals surface area contributed by atoms with Gasteiger partial charge < -0.3 is 10.2 Å². The van der Waals surface area contributed by atoms with E-state index in [1.165, 1.54) is 42.2 Å². The predicted octanol–water partition coefficient (Wildman–Crippen LogP) is 2.92. The quantitative estimate of drug-likeness (QED) is 0.741. The highest BCUT2D eigenvalue weighted by Gasteiger charge is 2.50. The van der Waals surface area contributed by atoms with Crippen LogP contribution in [0.3, 0.4) is 0 Å². The van der Waals surface area contributed by atoms with Crippen LogP contribution < -0.4 is 5.32 Å². The molecular weight excluding hydrogens is 392 g/mol. The number of hydrogen-bond acceptors (Lipinski definition) is 3. The van der Waals surface area contributed by atoms with E-state index in [-0.39, 0.29) is 12.6 Å². The number of halogens is 2. The zero-order chi connectivity index (χ0) is 21.5. The third-order valence-electron chi connectivity index (χ3n) is 5.60. The van der Waals surface area contributed by atoms with Gasteiger partial charge in [0.2, 0.25) is 5.91 Å². The van der Waals surface area contributed by atoms with Gasteiger partial charge in [0.1, 0.15) is 23.7 Å². The molecule has 0 bridgehead atoms. The van der Waals surface area contributed by atoms with Gasteiger partial charge in [-0.3, -0.25) is 14.5 Å². The molecule has 2 aliphatic rings. The van der Waals surface area contributed by atoms with Gasteiger partial charge in [-0.05, 0) is 43.5 Å². The summed E-state index contributed by atoms with van der Waals surface area (Å²) in [6.45, 7) is 1.16. The van der Waals surface area contributed by atoms with E-state index in [1.54, 1.807) is 18.2 Å². The Morgan fingerprint density at radius 2 is 1.80 bits per heavy atom. The van der Waals surface area contributed by atoms with E-state index in [4.69, 9.17) is 0 Å². The van der Waals surface area contributed by atoms with Crippen LogP contribution in [0, 0.1) is 11.6 Å². The van der Waals surface area contributed by atoms with Crippen LogP contribution in [0.5, 0.6) is 0 Å². The summed E-state index contributed by atoms with van der Waals surface area (Å²) in [5.41, 5.74) is -0.588. The van der Waals surface area contributed by atoms with Crippen LogP contribution in [0.15, 0.2) is 48.5 Å². The van der Waals surface area contributed by atoms with Crippen LogP contribution in [-0.2, 0) is 21.7 Å². The van der Waals surface area contributed by atoms with E-state index >= 15 is 0 Å². The summed E-state index contributed by atoms with van der Waals surface area (Å²) in [4.78, 5) is 40.8. The number of nitrogens with one attached hydrogen (secondary N) is 1. The van der Waals surface area contributed by atoms with Crippen LogP contribution in [0.25, 0.3) is 0 Å². The molecular formula is C22H21F2N3O3. The zero-order valence-corrected chi connectivity index (χ0v) is 16.4. The van der Waals surface area contributed by atoms with Crippen molar-refractivity contribution >= 4 is 17.8 Å². The van der Waals surface area contributed by atoms with Crippen molar-refractivity contribution in [1.29, 1.82) is 0 Å². The lowest BCUT2D eigenvalue weighted by Crippen LogP contribution is -2.45. The summed E-state index contributed by atoms with van der Waals surface area (Å²) in [5.74, 6) is -1.88. The Hall–Kier alpha value is -3.29. The standard InChI is InChI=1S/C22H21F2N3O3/c1-22(15-6-8-16(23)9-7-15)20(29)27(21(30)25-22)13-19(28)26(17-10-11-17)12-14-4-2-3-5-18(14)24/h2-9,17H,10-13H2,1H3,(H,25,30)/t22-/m1/s1. The van der Waals surface area contributed by atoms with Crippen LogP contribution in [0.4, 0.5) is 13.6 Å². The van der Waals surface area contributed by atoms with Crippen LogP contribution >= 0.6 is 0 Å². The molecule has 156 valence electrons. The molecule has 1 saturated heterocycles. The third-order valence-corrected chi connectivity index (χ3v) is 5.60. The molecule has 4 amide bonds. The number of carbonyl (C=O) groups is 3. The van der Waals surface area contributed by atoms with Gasteiger partial charge in [0.15, 0.2) is 0 Å². The molecule has 2 aromatic carbocycles. The van der Waals surface area contributed by atoms with Gasteiger partial charge in [-0.2, -0.15) is 0 Å². The van der Waals surface area contributed by atoms with Crippen LogP contribution in [0.2, 0.25) is 0 Å². The number of imide groups is 1. The van der Waals surface area contributed by atoms with Crippen molar-refractivity contribution in [3.05, 3.63) is 71.3 Å². The monoisotopic (exact) mass is 413 g/mol. The number of nitrogens with zero attached hydrogens (tertiary/aromatic N) is 2. The fourth-order valence-corrected chi connectivity index (χ4v) is 3.66. The molecule has 1 saturated carbocycles. The van der Waals surface area contributed by atoms with Crippen molar-refractivity contribution in [2.45, 2.75) is 37.9 Å². The second-order valence-electron chi connectivity index (χ2n) is 7.80. The molecule has 1 N–H and O–H groups in total. The van der Waals surface area contributed by atoms with E-state index in [1.807, 2.05) is 0 Å². The minimum atomic E-state index is -1.39. The van der Waals surface area contributed by atoms with Crippen LogP contribution in [0.1, 0.15) is 30.9 Å². The second-order valence-corrected chi connectivity index (χ2v) is 7.80. The van der Waals surface area contributed by atoms with Crippen molar-refractivity contribution in [2.24, 2.45) is 0 Å².